The fourth-order valence-corrected chi connectivity index (χ4v) is 6.37. The number of carbonyl (C=O) groups is 2. The average molecular weight is 374 g/mol. The smallest absolute Gasteiger partial charge is 0.307 e. The van der Waals surface area contributed by atoms with Crippen molar-refractivity contribution in [2.24, 2.45) is 5.92 Å². The Balaban J connectivity index is 3.25. The molecule has 1 rings (SSSR count). The summed E-state index contributed by atoms with van der Waals surface area (Å²) >= 11 is 1.41. The molecular weight excluding hydrogens is 351 g/mol. The second-order valence-electron chi connectivity index (χ2n) is 5.55. The second kappa shape index (κ2) is 9.16. The van der Waals surface area contributed by atoms with Crippen LogP contribution in [0.2, 0.25) is 0 Å². The van der Waals surface area contributed by atoms with Crippen molar-refractivity contribution in [2.75, 3.05) is 0 Å². The first-order chi connectivity index (χ1) is 11.3. The zero-order valence-electron chi connectivity index (χ0n) is 13.7. The number of hydrogen-bond acceptors (Lipinski definition) is 4. The van der Waals surface area contributed by atoms with Crippen LogP contribution in [-0.4, -0.2) is 32.7 Å². The first-order valence-corrected chi connectivity index (χ1v) is 10.4. The molecule has 0 radical (unpaired) electrons. The highest BCUT2D eigenvalue weighted by Gasteiger charge is 2.44. The van der Waals surface area contributed by atoms with Gasteiger partial charge in [-0.2, -0.15) is 11.3 Å². The van der Waals surface area contributed by atoms with Crippen LogP contribution >= 0.6 is 18.7 Å². The van der Waals surface area contributed by atoms with E-state index in [9.17, 15) is 24.2 Å². The van der Waals surface area contributed by atoms with Crippen molar-refractivity contribution in [2.45, 2.75) is 44.4 Å². The molecule has 0 aromatic carbocycles. The van der Waals surface area contributed by atoms with Crippen LogP contribution in [0.3, 0.4) is 0 Å². The predicted molar refractivity (Wildman–Crippen MR) is 93.8 cm³/mol. The first kappa shape index (κ1) is 20.6. The Morgan fingerprint density at radius 1 is 1.38 bits per heavy atom. The second-order valence-corrected chi connectivity index (χ2v) is 8.89. The van der Waals surface area contributed by atoms with Gasteiger partial charge in [0.2, 0.25) is 7.37 Å². The highest BCUT2D eigenvalue weighted by Crippen LogP contribution is 2.63. The Morgan fingerprint density at radius 2 is 2.04 bits per heavy atom. The minimum absolute atomic E-state index is 0.190. The quantitative estimate of drug-likeness (QED) is 0.422. The van der Waals surface area contributed by atoms with E-state index in [0.717, 1.165) is 0 Å². The van der Waals surface area contributed by atoms with Crippen LogP contribution in [0.25, 0.3) is 0 Å². The highest BCUT2D eigenvalue weighted by molar-refractivity contribution is 7.59. The van der Waals surface area contributed by atoms with Crippen LogP contribution in [0.15, 0.2) is 29.0 Å². The van der Waals surface area contributed by atoms with Gasteiger partial charge in [0.25, 0.3) is 0 Å². The van der Waals surface area contributed by atoms with Gasteiger partial charge < -0.3 is 15.1 Å². The highest BCUT2D eigenvalue weighted by atomic mass is 32.1. The van der Waals surface area contributed by atoms with E-state index >= 15 is 0 Å². The predicted octanol–water partition coefficient (Wildman–Crippen LogP) is 3.98. The molecule has 4 unspecified atom stereocenters. The summed E-state index contributed by atoms with van der Waals surface area (Å²) in [6.07, 6.45) is 2.81. The van der Waals surface area contributed by atoms with Crippen molar-refractivity contribution in [1.82, 2.24) is 0 Å². The summed E-state index contributed by atoms with van der Waals surface area (Å²) in [5, 5.41) is 21.9. The van der Waals surface area contributed by atoms with Crippen LogP contribution < -0.4 is 0 Å². The molecule has 0 spiro atoms. The largest absolute Gasteiger partial charge is 0.481 e. The molecule has 8 heteroatoms. The lowest BCUT2D eigenvalue weighted by Crippen LogP contribution is -2.29. The molecule has 0 amide bonds. The monoisotopic (exact) mass is 374 g/mol. The summed E-state index contributed by atoms with van der Waals surface area (Å²) in [6.45, 7) is 3.43. The summed E-state index contributed by atoms with van der Waals surface area (Å²) in [5.74, 6) is -3.60. The lowest BCUT2D eigenvalue weighted by Gasteiger charge is -2.31. The van der Waals surface area contributed by atoms with E-state index in [-0.39, 0.29) is 12.8 Å². The first-order valence-electron chi connectivity index (χ1n) is 7.67. The molecule has 6 nitrogen and oxygen atoms in total. The molecule has 134 valence electrons. The van der Waals surface area contributed by atoms with Gasteiger partial charge in [-0.05, 0) is 42.2 Å². The number of thiophene rings is 1. The Morgan fingerprint density at radius 3 is 2.46 bits per heavy atom. The van der Waals surface area contributed by atoms with Crippen LogP contribution in [0.1, 0.15) is 44.3 Å². The molecule has 1 aromatic heterocycles. The number of rotatable bonds is 10. The normalized spacial score (nSPS) is 18.0. The van der Waals surface area contributed by atoms with Gasteiger partial charge in [-0.15, -0.1) is 0 Å². The molecule has 0 bridgehead atoms. The van der Waals surface area contributed by atoms with Gasteiger partial charge in [0.15, 0.2) is 0 Å². The lowest BCUT2D eigenvalue weighted by atomic mass is 9.98. The molecular formula is C16H23O6PS. The van der Waals surface area contributed by atoms with E-state index in [1.54, 1.807) is 31.4 Å². The lowest BCUT2D eigenvalue weighted by molar-refractivity contribution is -0.142. The Labute approximate surface area is 145 Å². The number of allylic oxidation sites excluding steroid dienone is 2. The summed E-state index contributed by atoms with van der Waals surface area (Å²) in [5.41, 5.74) is -1.08. The summed E-state index contributed by atoms with van der Waals surface area (Å²) in [7, 11) is -3.94. The maximum atomic E-state index is 13.2. The van der Waals surface area contributed by atoms with E-state index in [1.165, 1.54) is 17.4 Å². The minimum atomic E-state index is -3.94. The van der Waals surface area contributed by atoms with Crippen molar-refractivity contribution in [3.05, 3.63) is 34.5 Å². The topological polar surface area (TPSA) is 112 Å². The molecule has 0 saturated heterocycles. The molecule has 4 atom stereocenters. The number of aliphatic carboxylic acids is 2. The van der Waals surface area contributed by atoms with Gasteiger partial charge in [-0.1, -0.05) is 19.1 Å². The maximum Gasteiger partial charge on any atom is 0.307 e. The molecule has 0 aliphatic rings. The van der Waals surface area contributed by atoms with Crippen molar-refractivity contribution in [1.29, 1.82) is 0 Å². The minimum Gasteiger partial charge on any atom is -0.481 e. The Hall–Kier alpha value is -1.43. The SMILES string of the molecule is C/C=C/C(C(CCC(=O)O)C(=O)O)P(=O)(O)C(CC)c1ccsc1. The standard InChI is InChI=1S/C16H23O6PS/c1-3-5-14(12(16(19)20)6-7-15(17)18)23(21,22)13(4-2)11-8-9-24-10-11/h3,5,8-10,12-14H,4,6-7H2,1-2H3,(H,17,18)(H,19,20)(H,21,22)/b5-3+. The molecule has 3 N–H and O–H groups in total. The van der Waals surface area contributed by atoms with Gasteiger partial charge in [0.1, 0.15) is 0 Å². The summed E-state index contributed by atoms with van der Waals surface area (Å²) in [4.78, 5) is 33.2. The van der Waals surface area contributed by atoms with Gasteiger partial charge >= 0.3 is 11.9 Å². The molecule has 0 aliphatic heterocycles. The Bertz CT molecular complexity index is 625. The summed E-state index contributed by atoms with van der Waals surface area (Å²) in [6, 6.07) is 1.77. The van der Waals surface area contributed by atoms with E-state index in [2.05, 4.69) is 0 Å². The fraction of sp³-hybridized carbons (Fsp3) is 0.500. The van der Waals surface area contributed by atoms with Crippen LogP contribution in [0.5, 0.6) is 0 Å². The van der Waals surface area contributed by atoms with E-state index < -0.39 is 36.5 Å². The number of carboxylic acids is 2. The van der Waals surface area contributed by atoms with E-state index in [4.69, 9.17) is 5.11 Å². The fourth-order valence-electron chi connectivity index (χ4n) is 2.82. The van der Waals surface area contributed by atoms with Crippen molar-refractivity contribution >= 4 is 30.6 Å². The van der Waals surface area contributed by atoms with Crippen molar-refractivity contribution in [3.63, 3.8) is 0 Å². The van der Waals surface area contributed by atoms with E-state index in [1.807, 2.05) is 5.38 Å². The molecule has 0 aliphatic carbocycles. The maximum absolute atomic E-state index is 13.2. The molecule has 0 fully saturated rings. The van der Waals surface area contributed by atoms with Gasteiger partial charge in [-0.3, -0.25) is 14.2 Å². The molecule has 24 heavy (non-hydrogen) atoms. The van der Waals surface area contributed by atoms with Gasteiger partial charge in [0.05, 0.1) is 17.2 Å². The third-order valence-corrected chi connectivity index (χ3v) is 7.62. The molecule has 0 saturated carbocycles. The van der Waals surface area contributed by atoms with Crippen LogP contribution in [0.4, 0.5) is 0 Å². The zero-order valence-corrected chi connectivity index (χ0v) is 15.4. The molecule has 1 heterocycles. The third kappa shape index (κ3) is 5.03. The Kier molecular flexibility index (Phi) is 7.87. The number of hydrogen-bond donors (Lipinski definition) is 3. The zero-order chi connectivity index (χ0) is 18.3. The molecule has 1 aromatic rings. The average Bonchev–Trinajstić information content (AvgIpc) is 3.00. The van der Waals surface area contributed by atoms with E-state index in [0.29, 0.717) is 12.0 Å². The van der Waals surface area contributed by atoms with Gasteiger partial charge in [0, 0.05) is 6.42 Å². The van der Waals surface area contributed by atoms with Crippen LogP contribution in [0, 0.1) is 5.92 Å². The van der Waals surface area contributed by atoms with Gasteiger partial charge in [-0.25, -0.2) is 0 Å². The van der Waals surface area contributed by atoms with Crippen molar-refractivity contribution < 1.29 is 29.3 Å². The number of carboxylic acid groups (broad SMARTS) is 2. The van der Waals surface area contributed by atoms with Crippen LogP contribution in [-0.2, 0) is 14.2 Å². The third-order valence-electron chi connectivity index (χ3n) is 3.98. The summed E-state index contributed by atoms with van der Waals surface area (Å²) < 4.78 is 13.2. The van der Waals surface area contributed by atoms with Crippen molar-refractivity contribution in [3.8, 4) is 0 Å².